The van der Waals surface area contributed by atoms with Crippen molar-refractivity contribution in [3.63, 3.8) is 0 Å². The first-order valence-corrected chi connectivity index (χ1v) is 7.30. The number of thioether (sulfide) groups is 1. The fraction of sp³-hybridized carbons (Fsp3) is 0.462. The van der Waals surface area contributed by atoms with E-state index in [1.807, 2.05) is 11.8 Å². The molecule has 2 N–H and O–H groups in total. The third-order valence-corrected chi connectivity index (χ3v) is 3.25. The van der Waals surface area contributed by atoms with Gasteiger partial charge in [-0.15, -0.1) is 0 Å². The van der Waals surface area contributed by atoms with E-state index in [1.54, 1.807) is 0 Å². The van der Waals surface area contributed by atoms with Gasteiger partial charge < -0.3 is 10.4 Å². The number of benzene rings is 1. The number of rotatable bonds is 8. The third-order valence-electron chi connectivity index (χ3n) is 2.55. The van der Waals surface area contributed by atoms with Crippen molar-refractivity contribution in [1.29, 1.82) is 0 Å². The first kappa shape index (κ1) is 14.8. The topological polar surface area (TPSA) is 49.3 Å². The normalized spacial score (nSPS) is 10.3. The van der Waals surface area contributed by atoms with Gasteiger partial charge in [0.25, 0.3) is 0 Å². The van der Waals surface area contributed by atoms with E-state index in [-0.39, 0.29) is 5.56 Å². The molecule has 0 fully saturated rings. The summed E-state index contributed by atoms with van der Waals surface area (Å²) in [7, 11) is 0. The number of halogens is 1. The number of hydrogen-bond donors (Lipinski definition) is 2. The standard InChI is InChI=1S/C13H18FNO2S/c1-18-8-4-2-3-7-15-12-6-5-10(14)9-11(12)13(16)17/h5-6,9,15H,2-4,7-8H2,1H3,(H,16,17). The van der Waals surface area contributed by atoms with Gasteiger partial charge in [0, 0.05) is 12.2 Å². The third kappa shape index (κ3) is 4.96. The second-order valence-electron chi connectivity index (χ2n) is 3.98. The highest BCUT2D eigenvalue weighted by Gasteiger charge is 2.10. The number of aromatic carboxylic acids is 1. The van der Waals surface area contributed by atoms with Crippen molar-refractivity contribution >= 4 is 23.4 Å². The Morgan fingerprint density at radius 1 is 1.39 bits per heavy atom. The average Bonchev–Trinajstić information content (AvgIpc) is 2.35. The van der Waals surface area contributed by atoms with Gasteiger partial charge in [0.05, 0.1) is 5.56 Å². The van der Waals surface area contributed by atoms with Gasteiger partial charge in [-0.05, 0) is 43.0 Å². The maximum atomic E-state index is 12.9. The van der Waals surface area contributed by atoms with Crippen LogP contribution >= 0.6 is 11.8 Å². The lowest BCUT2D eigenvalue weighted by atomic mass is 10.1. The molecule has 1 aromatic carbocycles. The maximum absolute atomic E-state index is 12.9. The fourth-order valence-electron chi connectivity index (χ4n) is 1.62. The first-order chi connectivity index (χ1) is 8.65. The molecule has 0 spiro atoms. The van der Waals surface area contributed by atoms with E-state index in [2.05, 4.69) is 11.6 Å². The summed E-state index contributed by atoms with van der Waals surface area (Å²) < 4.78 is 12.9. The molecular formula is C13H18FNO2S. The van der Waals surface area contributed by atoms with E-state index in [1.165, 1.54) is 12.1 Å². The summed E-state index contributed by atoms with van der Waals surface area (Å²) in [5.74, 6) is -0.492. The highest BCUT2D eigenvalue weighted by atomic mass is 32.2. The molecule has 0 atom stereocenters. The second kappa shape index (κ2) is 7.97. The lowest BCUT2D eigenvalue weighted by Gasteiger charge is -2.09. The summed E-state index contributed by atoms with van der Waals surface area (Å²) in [6.45, 7) is 0.709. The smallest absolute Gasteiger partial charge is 0.337 e. The van der Waals surface area contributed by atoms with Crippen molar-refractivity contribution in [2.24, 2.45) is 0 Å². The zero-order valence-electron chi connectivity index (χ0n) is 10.4. The van der Waals surface area contributed by atoms with Crippen LogP contribution in [0.15, 0.2) is 18.2 Å². The van der Waals surface area contributed by atoms with Crippen molar-refractivity contribution in [1.82, 2.24) is 0 Å². The van der Waals surface area contributed by atoms with Crippen molar-refractivity contribution in [2.75, 3.05) is 23.9 Å². The molecule has 1 rings (SSSR count). The van der Waals surface area contributed by atoms with E-state index >= 15 is 0 Å². The number of hydrogen-bond acceptors (Lipinski definition) is 3. The molecule has 0 aliphatic carbocycles. The highest BCUT2D eigenvalue weighted by Crippen LogP contribution is 2.17. The number of unbranched alkanes of at least 4 members (excludes halogenated alkanes) is 2. The molecule has 0 heterocycles. The van der Waals surface area contributed by atoms with Crippen molar-refractivity contribution in [2.45, 2.75) is 19.3 Å². The van der Waals surface area contributed by atoms with Crippen molar-refractivity contribution in [3.05, 3.63) is 29.6 Å². The zero-order valence-corrected chi connectivity index (χ0v) is 11.2. The summed E-state index contributed by atoms with van der Waals surface area (Å²) in [6, 6.07) is 3.78. The fourth-order valence-corrected chi connectivity index (χ4v) is 2.11. The average molecular weight is 271 g/mol. The minimum atomic E-state index is -1.11. The van der Waals surface area contributed by atoms with E-state index < -0.39 is 11.8 Å². The molecule has 0 bridgehead atoms. The minimum Gasteiger partial charge on any atom is -0.478 e. The number of carboxylic acid groups (broad SMARTS) is 1. The van der Waals surface area contributed by atoms with E-state index in [4.69, 9.17) is 5.11 Å². The lowest BCUT2D eigenvalue weighted by molar-refractivity contribution is 0.0697. The Hall–Kier alpha value is -1.23. The Morgan fingerprint density at radius 3 is 2.83 bits per heavy atom. The summed E-state index contributed by atoms with van der Waals surface area (Å²) in [5.41, 5.74) is 0.466. The van der Waals surface area contributed by atoms with Crippen LogP contribution in [0, 0.1) is 5.82 Å². The van der Waals surface area contributed by atoms with Gasteiger partial charge in [0.1, 0.15) is 5.82 Å². The lowest BCUT2D eigenvalue weighted by Crippen LogP contribution is -2.08. The van der Waals surface area contributed by atoms with Crippen LogP contribution in [0.25, 0.3) is 0 Å². The summed E-state index contributed by atoms with van der Waals surface area (Å²) in [5, 5.41) is 12.0. The molecule has 0 aliphatic heterocycles. The molecule has 100 valence electrons. The summed E-state index contributed by atoms with van der Waals surface area (Å²) in [4.78, 5) is 10.9. The zero-order chi connectivity index (χ0) is 13.4. The molecular weight excluding hydrogens is 253 g/mol. The molecule has 3 nitrogen and oxygen atoms in total. The summed E-state index contributed by atoms with van der Waals surface area (Å²) in [6.07, 6.45) is 5.34. The largest absolute Gasteiger partial charge is 0.478 e. The predicted octanol–water partition coefficient (Wildman–Crippen LogP) is 3.47. The van der Waals surface area contributed by atoms with Crippen molar-refractivity contribution < 1.29 is 14.3 Å². The number of nitrogens with one attached hydrogen (secondary N) is 1. The number of carbonyl (C=O) groups is 1. The molecule has 0 unspecified atom stereocenters. The van der Waals surface area contributed by atoms with Gasteiger partial charge in [0.15, 0.2) is 0 Å². The molecule has 5 heteroatoms. The molecule has 1 aromatic rings. The molecule has 0 radical (unpaired) electrons. The highest BCUT2D eigenvalue weighted by molar-refractivity contribution is 7.98. The van der Waals surface area contributed by atoms with Crippen LogP contribution in [-0.2, 0) is 0 Å². The summed E-state index contributed by atoms with van der Waals surface area (Å²) >= 11 is 1.82. The van der Waals surface area contributed by atoms with Gasteiger partial charge in [-0.3, -0.25) is 0 Å². The quantitative estimate of drug-likeness (QED) is 0.711. The first-order valence-electron chi connectivity index (χ1n) is 5.91. The Morgan fingerprint density at radius 2 is 2.17 bits per heavy atom. The van der Waals surface area contributed by atoms with Gasteiger partial charge in [-0.1, -0.05) is 6.42 Å². The Labute approximate surface area is 111 Å². The Bertz CT molecular complexity index is 399. The van der Waals surface area contributed by atoms with Crippen LogP contribution < -0.4 is 5.32 Å². The van der Waals surface area contributed by atoms with Crippen LogP contribution in [0.2, 0.25) is 0 Å². The number of carboxylic acids is 1. The molecule has 0 aromatic heterocycles. The minimum absolute atomic E-state index is 0.0147. The van der Waals surface area contributed by atoms with E-state index in [0.29, 0.717) is 12.2 Å². The molecule has 18 heavy (non-hydrogen) atoms. The van der Waals surface area contributed by atoms with Crippen LogP contribution in [0.1, 0.15) is 29.6 Å². The maximum Gasteiger partial charge on any atom is 0.337 e. The van der Waals surface area contributed by atoms with Gasteiger partial charge in [0.2, 0.25) is 0 Å². The molecule has 0 saturated carbocycles. The SMILES string of the molecule is CSCCCCCNc1ccc(F)cc1C(=O)O. The van der Waals surface area contributed by atoms with E-state index in [0.717, 1.165) is 31.1 Å². The molecule has 0 saturated heterocycles. The number of anilines is 1. The van der Waals surface area contributed by atoms with Crippen molar-refractivity contribution in [3.8, 4) is 0 Å². The second-order valence-corrected chi connectivity index (χ2v) is 4.96. The Kier molecular flexibility index (Phi) is 6.57. The van der Waals surface area contributed by atoms with Crippen LogP contribution in [0.3, 0.4) is 0 Å². The van der Waals surface area contributed by atoms with Crippen LogP contribution in [-0.4, -0.2) is 29.6 Å². The monoisotopic (exact) mass is 271 g/mol. The van der Waals surface area contributed by atoms with Crippen LogP contribution in [0.4, 0.5) is 10.1 Å². The van der Waals surface area contributed by atoms with Gasteiger partial charge >= 0.3 is 5.97 Å². The predicted molar refractivity (Wildman–Crippen MR) is 74.1 cm³/mol. The Balaban J connectivity index is 2.44. The molecule has 0 amide bonds. The van der Waals surface area contributed by atoms with Gasteiger partial charge in [-0.25, -0.2) is 9.18 Å². The van der Waals surface area contributed by atoms with Crippen LogP contribution in [0.5, 0.6) is 0 Å². The molecule has 0 aliphatic rings. The van der Waals surface area contributed by atoms with E-state index in [9.17, 15) is 9.18 Å². The van der Waals surface area contributed by atoms with Gasteiger partial charge in [-0.2, -0.15) is 11.8 Å².